The Morgan fingerprint density at radius 3 is 2.20 bits per heavy atom. The van der Waals surface area contributed by atoms with Gasteiger partial charge in [0.15, 0.2) is 5.78 Å². The standard InChI is InChI=1S/C16H22N2O2/c1-2-14(19)12-5-7-13(8-6-12)15(20)18-16(11-17)9-3-4-10-16/h5-8H,2-4,9-11,17H2,1H3,(H,18,20). The van der Waals surface area contributed by atoms with E-state index in [-0.39, 0.29) is 17.2 Å². The average molecular weight is 274 g/mol. The molecule has 1 aliphatic carbocycles. The van der Waals surface area contributed by atoms with E-state index in [0.29, 0.717) is 24.1 Å². The van der Waals surface area contributed by atoms with Gasteiger partial charge < -0.3 is 11.1 Å². The van der Waals surface area contributed by atoms with Crippen LogP contribution in [0.4, 0.5) is 0 Å². The summed E-state index contributed by atoms with van der Waals surface area (Å²) in [5.41, 5.74) is 6.81. The number of ketones is 1. The maximum atomic E-state index is 12.3. The van der Waals surface area contributed by atoms with Crippen molar-refractivity contribution in [2.24, 2.45) is 5.73 Å². The van der Waals surface area contributed by atoms with E-state index < -0.39 is 0 Å². The molecule has 108 valence electrons. The normalized spacial score (nSPS) is 16.9. The first-order valence-electron chi connectivity index (χ1n) is 7.26. The van der Waals surface area contributed by atoms with Crippen LogP contribution in [0.15, 0.2) is 24.3 Å². The first kappa shape index (κ1) is 14.7. The molecular weight excluding hydrogens is 252 g/mol. The Bertz CT molecular complexity index is 488. The molecule has 0 bridgehead atoms. The molecule has 0 aromatic heterocycles. The number of rotatable bonds is 5. The van der Waals surface area contributed by atoms with Gasteiger partial charge in [-0.1, -0.05) is 31.9 Å². The molecule has 2 rings (SSSR count). The highest BCUT2D eigenvalue weighted by atomic mass is 16.2. The van der Waals surface area contributed by atoms with Crippen molar-refractivity contribution in [3.63, 3.8) is 0 Å². The van der Waals surface area contributed by atoms with Gasteiger partial charge in [0, 0.05) is 24.1 Å². The van der Waals surface area contributed by atoms with Crippen LogP contribution < -0.4 is 11.1 Å². The number of amides is 1. The molecule has 1 aromatic carbocycles. The van der Waals surface area contributed by atoms with E-state index in [4.69, 9.17) is 5.73 Å². The molecule has 0 radical (unpaired) electrons. The number of Topliss-reactive ketones (excluding diaryl/α,β-unsaturated/α-hetero) is 1. The third kappa shape index (κ3) is 3.07. The zero-order chi connectivity index (χ0) is 14.6. The molecule has 0 spiro atoms. The maximum absolute atomic E-state index is 12.3. The molecule has 0 heterocycles. The minimum atomic E-state index is -0.241. The maximum Gasteiger partial charge on any atom is 0.251 e. The van der Waals surface area contributed by atoms with Crippen LogP contribution >= 0.6 is 0 Å². The Morgan fingerprint density at radius 2 is 1.70 bits per heavy atom. The molecule has 0 aliphatic heterocycles. The number of nitrogens with two attached hydrogens (primary N) is 1. The van der Waals surface area contributed by atoms with Crippen LogP contribution in [-0.4, -0.2) is 23.8 Å². The molecule has 1 aromatic rings. The van der Waals surface area contributed by atoms with Gasteiger partial charge in [0.2, 0.25) is 0 Å². The molecular formula is C16H22N2O2. The molecule has 20 heavy (non-hydrogen) atoms. The van der Waals surface area contributed by atoms with Crippen molar-refractivity contribution in [2.75, 3.05) is 6.54 Å². The highest BCUT2D eigenvalue weighted by Gasteiger charge is 2.33. The summed E-state index contributed by atoms with van der Waals surface area (Å²) in [7, 11) is 0. The van der Waals surface area contributed by atoms with Gasteiger partial charge in [0.1, 0.15) is 0 Å². The second-order valence-corrected chi connectivity index (χ2v) is 5.50. The van der Waals surface area contributed by atoms with Crippen LogP contribution in [0.25, 0.3) is 0 Å². The summed E-state index contributed by atoms with van der Waals surface area (Å²) in [5.74, 6) is -0.0148. The zero-order valence-electron chi connectivity index (χ0n) is 11.9. The highest BCUT2D eigenvalue weighted by molar-refractivity contribution is 5.98. The molecule has 1 amide bonds. The van der Waals surface area contributed by atoms with Gasteiger partial charge in [0.05, 0.1) is 5.54 Å². The molecule has 4 heteroatoms. The van der Waals surface area contributed by atoms with E-state index in [2.05, 4.69) is 5.32 Å². The number of carbonyl (C=O) groups excluding carboxylic acids is 2. The number of nitrogens with one attached hydrogen (secondary N) is 1. The van der Waals surface area contributed by atoms with Crippen molar-refractivity contribution in [2.45, 2.75) is 44.6 Å². The minimum absolute atomic E-state index is 0.0891. The SMILES string of the molecule is CCC(=O)c1ccc(C(=O)NC2(CN)CCCC2)cc1. The van der Waals surface area contributed by atoms with Gasteiger partial charge in [-0.05, 0) is 25.0 Å². The molecule has 4 nitrogen and oxygen atoms in total. The van der Waals surface area contributed by atoms with Gasteiger partial charge >= 0.3 is 0 Å². The van der Waals surface area contributed by atoms with Crippen LogP contribution in [-0.2, 0) is 0 Å². The number of hydrogen-bond donors (Lipinski definition) is 2. The summed E-state index contributed by atoms with van der Waals surface area (Å²) in [4.78, 5) is 23.8. The van der Waals surface area contributed by atoms with Gasteiger partial charge in [-0.2, -0.15) is 0 Å². The number of carbonyl (C=O) groups is 2. The summed E-state index contributed by atoms with van der Waals surface area (Å²) in [6, 6.07) is 6.84. The van der Waals surface area contributed by atoms with E-state index in [0.717, 1.165) is 25.7 Å². The Labute approximate surface area is 119 Å². The fourth-order valence-corrected chi connectivity index (χ4v) is 2.76. The first-order valence-corrected chi connectivity index (χ1v) is 7.26. The molecule has 1 fully saturated rings. The topological polar surface area (TPSA) is 72.2 Å². The Kier molecular flexibility index (Phi) is 4.55. The van der Waals surface area contributed by atoms with Crippen LogP contribution in [0.2, 0.25) is 0 Å². The lowest BCUT2D eigenvalue weighted by molar-refractivity contribution is 0.0901. The Morgan fingerprint density at radius 1 is 1.15 bits per heavy atom. The van der Waals surface area contributed by atoms with Gasteiger partial charge in [0.25, 0.3) is 5.91 Å². The van der Waals surface area contributed by atoms with E-state index in [1.165, 1.54) is 0 Å². The molecule has 1 aliphatic rings. The smallest absolute Gasteiger partial charge is 0.251 e. The summed E-state index contributed by atoms with van der Waals surface area (Å²) >= 11 is 0. The Hall–Kier alpha value is -1.68. The van der Waals surface area contributed by atoms with Crippen molar-refractivity contribution in [1.82, 2.24) is 5.32 Å². The third-order valence-corrected chi connectivity index (χ3v) is 4.12. The monoisotopic (exact) mass is 274 g/mol. The fraction of sp³-hybridized carbons (Fsp3) is 0.500. The molecule has 3 N–H and O–H groups in total. The lowest BCUT2D eigenvalue weighted by Crippen LogP contribution is -2.51. The highest BCUT2D eigenvalue weighted by Crippen LogP contribution is 2.28. The lowest BCUT2D eigenvalue weighted by Gasteiger charge is -2.28. The molecule has 0 saturated heterocycles. The predicted molar refractivity (Wildman–Crippen MR) is 78.8 cm³/mol. The fourth-order valence-electron chi connectivity index (χ4n) is 2.76. The second-order valence-electron chi connectivity index (χ2n) is 5.50. The van der Waals surface area contributed by atoms with E-state index in [1.54, 1.807) is 24.3 Å². The van der Waals surface area contributed by atoms with Crippen molar-refractivity contribution in [3.8, 4) is 0 Å². The van der Waals surface area contributed by atoms with E-state index in [9.17, 15) is 9.59 Å². The van der Waals surface area contributed by atoms with Gasteiger partial charge in [-0.3, -0.25) is 9.59 Å². The predicted octanol–water partition coefficient (Wildman–Crippen LogP) is 2.28. The quantitative estimate of drug-likeness (QED) is 0.809. The summed E-state index contributed by atoms with van der Waals surface area (Å²) < 4.78 is 0. The van der Waals surface area contributed by atoms with Crippen LogP contribution in [0, 0.1) is 0 Å². The second kappa shape index (κ2) is 6.18. The first-order chi connectivity index (χ1) is 9.60. The molecule has 1 saturated carbocycles. The summed E-state index contributed by atoms with van der Waals surface area (Å²) in [6.07, 6.45) is 4.59. The van der Waals surface area contributed by atoms with Gasteiger partial charge in [-0.15, -0.1) is 0 Å². The van der Waals surface area contributed by atoms with Crippen molar-refractivity contribution >= 4 is 11.7 Å². The van der Waals surface area contributed by atoms with Gasteiger partial charge in [-0.25, -0.2) is 0 Å². The largest absolute Gasteiger partial charge is 0.345 e. The lowest BCUT2D eigenvalue weighted by atomic mass is 9.97. The number of benzene rings is 1. The van der Waals surface area contributed by atoms with E-state index in [1.807, 2.05) is 6.92 Å². The van der Waals surface area contributed by atoms with Crippen molar-refractivity contribution in [1.29, 1.82) is 0 Å². The zero-order valence-corrected chi connectivity index (χ0v) is 11.9. The van der Waals surface area contributed by atoms with Crippen LogP contribution in [0.5, 0.6) is 0 Å². The van der Waals surface area contributed by atoms with Crippen LogP contribution in [0.3, 0.4) is 0 Å². The van der Waals surface area contributed by atoms with Crippen molar-refractivity contribution in [3.05, 3.63) is 35.4 Å². The third-order valence-electron chi connectivity index (χ3n) is 4.12. The molecule has 0 atom stereocenters. The van der Waals surface area contributed by atoms with Crippen LogP contribution in [0.1, 0.15) is 59.7 Å². The molecule has 0 unspecified atom stereocenters. The number of hydrogen-bond acceptors (Lipinski definition) is 3. The Balaban J connectivity index is 2.07. The average Bonchev–Trinajstić information content (AvgIpc) is 2.95. The van der Waals surface area contributed by atoms with E-state index >= 15 is 0 Å². The summed E-state index contributed by atoms with van der Waals surface area (Å²) in [6.45, 7) is 2.30. The van der Waals surface area contributed by atoms with Crippen molar-refractivity contribution < 1.29 is 9.59 Å². The summed E-state index contributed by atoms with van der Waals surface area (Å²) in [5, 5.41) is 3.07. The minimum Gasteiger partial charge on any atom is -0.345 e.